The first-order valence-corrected chi connectivity index (χ1v) is 3.19. The summed E-state index contributed by atoms with van der Waals surface area (Å²) in [5.74, 6) is 1.74. The summed E-state index contributed by atoms with van der Waals surface area (Å²) in [6, 6.07) is 0. The third-order valence-electron chi connectivity index (χ3n) is 0.976. The first kappa shape index (κ1) is 8.28. The molecule has 0 aliphatic heterocycles. The van der Waals surface area contributed by atoms with Crippen LogP contribution in [0.15, 0.2) is 24.2 Å². The highest BCUT2D eigenvalue weighted by Crippen LogP contribution is 2.06. The average Bonchev–Trinajstić information content (AvgIpc) is 1.82. The van der Waals surface area contributed by atoms with Gasteiger partial charge in [-0.25, -0.2) is 0 Å². The molecule has 1 nitrogen and oxygen atoms in total. The van der Waals surface area contributed by atoms with Crippen LogP contribution in [-0.2, 0) is 4.74 Å². The van der Waals surface area contributed by atoms with Gasteiger partial charge in [-0.1, -0.05) is 13.5 Å². The van der Waals surface area contributed by atoms with Crippen LogP contribution in [0.3, 0.4) is 0 Å². The fourth-order valence-corrected chi connectivity index (χ4v) is 0.559. The summed E-state index contributed by atoms with van der Waals surface area (Å²) in [5, 5.41) is 0. The third-order valence-corrected chi connectivity index (χ3v) is 0.976. The molecule has 0 heterocycles. The van der Waals surface area contributed by atoms with E-state index in [0.717, 1.165) is 17.9 Å². The molecule has 0 aromatic carbocycles. The highest BCUT2D eigenvalue weighted by atomic mass is 16.5. The van der Waals surface area contributed by atoms with Crippen LogP contribution in [0, 0.1) is 0 Å². The van der Waals surface area contributed by atoms with E-state index in [1.165, 1.54) is 0 Å². The van der Waals surface area contributed by atoms with E-state index in [9.17, 15) is 0 Å². The van der Waals surface area contributed by atoms with Crippen LogP contribution in [0.2, 0.25) is 0 Å². The average molecular weight is 126 g/mol. The van der Waals surface area contributed by atoms with Crippen LogP contribution in [-0.4, -0.2) is 0 Å². The maximum Gasteiger partial charge on any atom is 0.0990 e. The van der Waals surface area contributed by atoms with E-state index in [4.69, 9.17) is 4.74 Å². The van der Waals surface area contributed by atoms with Crippen molar-refractivity contribution in [3.05, 3.63) is 24.2 Å². The summed E-state index contributed by atoms with van der Waals surface area (Å²) < 4.78 is 5.22. The Hall–Kier alpha value is -0.720. The molecule has 0 aliphatic rings. The highest BCUT2D eigenvalue weighted by molar-refractivity contribution is 4.94. The second kappa shape index (κ2) is 4.19. The van der Waals surface area contributed by atoms with Crippen molar-refractivity contribution < 1.29 is 4.74 Å². The van der Waals surface area contributed by atoms with Crippen LogP contribution in [0.5, 0.6) is 0 Å². The Kier molecular flexibility index (Phi) is 3.85. The minimum Gasteiger partial charge on any atom is -0.467 e. The molecular weight excluding hydrogens is 112 g/mol. The highest BCUT2D eigenvalue weighted by Gasteiger charge is 1.90. The second-order valence-electron chi connectivity index (χ2n) is 1.91. The zero-order valence-electron chi connectivity index (χ0n) is 6.40. The van der Waals surface area contributed by atoms with Crippen molar-refractivity contribution in [2.45, 2.75) is 27.2 Å². The molecule has 0 saturated carbocycles. The first-order valence-electron chi connectivity index (χ1n) is 3.19. The van der Waals surface area contributed by atoms with Gasteiger partial charge in [0.15, 0.2) is 0 Å². The monoisotopic (exact) mass is 126 g/mol. The van der Waals surface area contributed by atoms with Crippen LogP contribution in [0.1, 0.15) is 27.2 Å². The van der Waals surface area contributed by atoms with Crippen LogP contribution >= 0.6 is 0 Å². The van der Waals surface area contributed by atoms with Crippen molar-refractivity contribution in [3.8, 4) is 0 Å². The van der Waals surface area contributed by atoms with Gasteiger partial charge in [0.1, 0.15) is 0 Å². The molecule has 0 saturated heterocycles. The summed E-state index contributed by atoms with van der Waals surface area (Å²) in [6.45, 7) is 9.49. The molecule has 0 spiro atoms. The van der Waals surface area contributed by atoms with Gasteiger partial charge in [-0.15, -0.1) is 0 Å². The SMILES string of the molecule is C=C(C)OC(=CC)CC. The summed E-state index contributed by atoms with van der Waals surface area (Å²) >= 11 is 0. The molecular formula is C8H14O. The number of allylic oxidation sites excluding steroid dienone is 3. The molecule has 0 atom stereocenters. The van der Waals surface area contributed by atoms with Crippen LogP contribution in [0.4, 0.5) is 0 Å². The van der Waals surface area contributed by atoms with Crippen molar-refractivity contribution in [2.24, 2.45) is 0 Å². The maximum atomic E-state index is 5.22. The molecule has 0 radical (unpaired) electrons. The molecule has 0 bridgehead atoms. The van der Waals surface area contributed by atoms with E-state index in [2.05, 4.69) is 13.5 Å². The maximum absolute atomic E-state index is 5.22. The van der Waals surface area contributed by atoms with Crippen LogP contribution in [0.25, 0.3) is 0 Å². The molecule has 0 fully saturated rings. The number of hydrogen-bond donors (Lipinski definition) is 0. The predicted molar refractivity (Wildman–Crippen MR) is 39.9 cm³/mol. The Labute approximate surface area is 57.0 Å². The van der Waals surface area contributed by atoms with E-state index in [0.29, 0.717) is 0 Å². The molecule has 0 aliphatic carbocycles. The van der Waals surface area contributed by atoms with Gasteiger partial charge in [-0.05, 0) is 19.9 Å². The van der Waals surface area contributed by atoms with E-state index in [1.807, 2.05) is 19.9 Å². The van der Waals surface area contributed by atoms with Gasteiger partial charge in [-0.3, -0.25) is 0 Å². The number of ether oxygens (including phenoxy) is 1. The summed E-state index contributed by atoms with van der Waals surface area (Å²) in [7, 11) is 0. The van der Waals surface area contributed by atoms with Gasteiger partial charge in [0.2, 0.25) is 0 Å². The van der Waals surface area contributed by atoms with Crippen molar-refractivity contribution >= 4 is 0 Å². The van der Waals surface area contributed by atoms with Crippen molar-refractivity contribution in [2.75, 3.05) is 0 Å². The molecule has 0 amide bonds. The Morgan fingerprint density at radius 3 is 2.33 bits per heavy atom. The largest absolute Gasteiger partial charge is 0.467 e. The van der Waals surface area contributed by atoms with E-state index in [-0.39, 0.29) is 0 Å². The topological polar surface area (TPSA) is 9.23 Å². The Morgan fingerprint density at radius 1 is 1.67 bits per heavy atom. The van der Waals surface area contributed by atoms with Gasteiger partial charge in [0.05, 0.1) is 11.5 Å². The number of rotatable bonds is 3. The predicted octanol–water partition coefficient (Wildman–Crippen LogP) is 2.85. The quantitative estimate of drug-likeness (QED) is 0.528. The molecule has 0 N–H and O–H groups in total. The number of hydrogen-bond acceptors (Lipinski definition) is 1. The summed E-state index contributed by atoms with van der Waals surface area (Å²) in [4.78, 5) is 0. The minimum absolute atomic E-state index is 0.755. The zero-order valence-corrected chi connectivity index (χ0v) is 6.40. The standard InChI is InChI=1S/C8H14O/c1-5-8(6-2)9-7(3)4/h5H,3,6H2,1-2,4H3. The van der Waals surface area contributed by atoms with Crippen molar-refractivity contribution in [1.29, 1.82) is 0 Å². The van der Waals surface area contributed by atoms with Crippen molar-refractivity contribution in [1.82, 2.24) is 0 Å². The Balaban J connectivity index is 3.71. The first-order chi connectivity index (χ1) is 4.20. The minimum atomic E-state index is 0.755. The lowest BCUT2D eigenvalue weighted by Crippen LogP contribution is -1.85. The normalized spacial score (nSPS) is 11.2. The third kappa shape index (κ3) is 3.83. The van der Waals surface area contributed by atoms with E-state index < -0.39 is 0 Å². The lowest BCUT2D eigenvalue weighted by Gasteiger charge is -2.04. The smallest absolute Gasteiger partial charge is 0.0990 e. The van der Waals surface area contributed by atoms with Gasteiger partial charge < -0.3 is 4.74 Å². The van der Waals surface area contributed by atoms with Crippen molar-refractivity contribution in [3.63, 3.8) is 0 Å². The van der Waals surface area contributed by atoms with Gasteiger partial charge >= 0.3 is 0 Å². The fraction of sp³-hybridized carbons (Fsp3) is 0.500. The van der Waals surface area contributed by atoms with E-state index in [1.54, 1.807) is 0 Å². The van der Waals surface area contributed by atoms with Gasteiger partial charge in [0, 0.05) is 6.42 Å². The summed E-state index contributed by atoms with van der Waals surface area (Å²) in [6.07, 6.45) is 2.89. The van der Waals surface area contributed by atoms with Gasteiger partial charge in [0.25, 0.3) is 0 Å². The van der Waals surface area contributed by atoms with E-state index >= 15 is 0 Å². The Bertz CT molecular complexity index is 123. The Morgan fingerprint density at radius 2 is 2.22 bits per heavy atom. The fourth-order valence-electron chi connectivity index (χ4n) is 0.559. The lowest BCUT2D eigenvalue weighted by molar-refractivity contribution is 0.297. The van der Waals surface area contributed by atoms with Crippen LogP contribution < -0.4 is 0 Å². The lowest BCUT2D eigenvalue weighted by atomic mass is 10.4. The molecule has 0 rings (SSSR count). The molecule has 1 heteroatoms. The molecule has 0 aromatic rings. The van der Waals surface area contributed by atoms with Gasteiger partial charge in [-0.2, -0.15) is 0 Å². The summed E-state index contributed by atoms with van der Waals surface area (Å²) in [5.41, 5.74) is 0. The molecule has 9 heavy (non-hydrogen) atoms. The molecule has 0 unspecified atom stereocenters. The second-order valence-corrected chi connectivity index (χ2v) is 1.91. The molecule has 0 aromatic heterocycles. The zero-order chi connectivity index (χ0) is 7.28. The molecule has 52 valence electrons.